The Morgan fingerprint density at radius 2 is 1.50 bits per heavy atom. The summed E-state index contributed by atoms with van der Waals surface area (Å²) in [4.78, 5) is 0. The fraction of sp³-hybridized carbons (Fsp3) is 1.00. The summed E-state index contributed by atoms with van der Waals surface area (Å²) in [6, 6.07) is 0. The van der Waals surface area contributed by atoms with E-state index in [9.17, 15) is 0 Å². The van der Waals surface area contributed by atoms with Crippen molar-refractivity contribution in [3.8, 4) is 0 Å². The zero-order valence-electron chi connectivity index (χ0n) is 4.69. The van der Waals surface area contributed by atoms with Crippen molar-refractivity contribution in [2.75, 3.05) is 20.7 Å². The second-order valence-corrected chi connectivity index (χ2v) is 0.866. The van der Waals surface area contributed by atoms with Crippen molar-refractivity contribution >= 4 is 0 Å². The number of hydrogen-bond donors (Lipinski definition) is 1. The van der Waals surface area contributed by atoms with Crippen LogP contribution in [-0.4, -0.2) is 20.7 Å². The summed E-state index contributed by atoms with van der Waals surface area (Å²) in [7, 11) is 4.00. The zero-order chi connectivity index (χ0) is 5.41. The van der Waals surface area contributed by atoms with E-state index in [0.717, 1.165) is 0 Å². The number of hydrogen-bond acceptors (Lipinski definition) is 1. The SMILES string of the molecule is CC[O-].C[NH2+]C. The molecule has 0 aliphatic rings. The minimum Gasteiger partial charge on any atom is -0.855 e. The van der Waals surface area contributed by atoms with E-state index >= 15 is 0 Å². The van der Waals surface area contributed by atoms with E-state index in [1.807, 2.05) is 19.4 Å². The van der Waals surface area contributed by atoms with Crippen molar-refractivity contribution in [1.82, 2.24) is 0 Å². The molecule has 0 spiro atoms. The van der Waals surface area contributed by atoms with E-state index in [0.29, 0.717) is 0 Å². The van der Waals surface area contributed by atoms with Crippen molar-refractivity contribution in [3.05, 3.63) is 0 Å². The Labute approximate surface area is 39.2 Å². The second-order valence-electron chi connectivity index (χ2n) is 0.866. The summed E-state index contributed by atoms with van der Waals surface area (Å²) in [6.45, 7) is 1.57. The van der Waals surface area contributed by atoms with Gasteiger partial charge in [0.1, 0.15) is 0 Å². The molecule has 0 aliphatic heterocycles. The van der Waals surface area contributed by atoms with Gasteiger partial charge in [0.2, 0.25) is 0 Å². The molecule has 0 heterocycles. The molecule has 0 aromatic rings. The lowest BCUT2D eigenvalue weighted by Crippen LogP contribution is -2.74. The van der Waals surface area contributed by atoms with Crippen LogP contribution in [0.15, 0.2) is 0 Å². The average Bonchev–Trinajstić information content (AvgIpc) is 1.39. The number of quaternary nitrogens is 1. The molecule has 0 saturated carbocycles. The van der Waals surface area contributed by atoms with Crippen molar-refractivity contribution < 1.29 is 10.4 Å². The maximum absolute atomic E-state index is 8.93. The molecule has 0 aromatic carbocycles. The fourth-order valence-corrected chi connectivity index (χ4v) is 0. The van der Waals surface area contributed by atoms with Crippen molar-refractivity contribution in [2.45, 2.75) is 6.92 Å². The lowest BCUT2D eigenvalue weighted by molar-refractivity contribution is -0.597. The Balaban J connectivity index is 0. The van der Waals surface area contributed by atoms with E-state index in [4.69, 9.17) is 5.11 Å². The van der Waals surface area contributed by atoms with Crippen LogP contribution >= 0.6 is 0 Å². The molecule has 0 aliphatic carbocycles. The zero-order valence-corrected chi connectivity index (χ0v) is 4.69. The quantitative estimate of drug-likeness (QED) is 0.374. The monoisotopic (exact) mass is 91.1 g/mol. The molecule has 0 aromatic heterocycles. The topological polar surface area (TPSA) is 39.7 Å². The third kappa shape index (κ3) is 5220. The average molecular weight is 91.2 g/mol. The van der Waals surface area contributed by atoms with E-state index < -0.39 is 0 Å². The van der Waals surface area contributed by atoms with Crippen LogP contribution in [0.25, 0.3) is 0 Å². The molecule has 0 rings (SSSR count). The summed E-state index contributed by atoms with van der Waals surface area (Å²) in [5.41, 5.74) is 0. The van der Waals surface area contributed by atoms with Crippen LogP contribution in [0.5, 0.6) is 0 Å². The van der Waals surface area contributed by atoms with Gasteiger partial charge in [-0.05, 0) is 0 Å². The molecule has 2 N–H and O–H groups in total. The van der Waals surface area contributed by atoms with E-state index in [1.165, 1.54) is 0 Å². The van der Waals surface area contributed by atoms with Gasteiger partial charge >= 0.3 is 0 Å². The van der Waals surface area contributed by atoms with Gasteiger partial charge < -0.3 is 10.4 Å². The smallest absolute Gasteiger partial charge is 0.0647 e. The van der Waals surface area contributed by atoms with Gasteiger partial charge in [0.15, 0.2) is 0 Å². The molecule has 40 valence electrons. The second kappa shape index (κ2) is 20.5. The third-order valence-electron chi connectivity index (χ3n) is 0. The Morgan fingerprint density at radius 1 is 1.50 bits per heavy atom. The predicted molar refractivity (Wildman–Crippen MR) is 24.3 cm³/mol. The first-order chi connectivity index (χ1) is 2.83. The fourth-order valence-electron chi connectivity index (χ4n) is 0. The Morgan fingerprint density at radius 3 is 1.50 bits per heavy atom. The lowest BCUT2D eigenvalue weighted by atomic mass is 10.9. The summed E-state index contributed by atoms with van der Waals surface area (Å²) in [6.07, 6.45) is 0. The van der Waals surface area contributed by atoms with Gasteiger partial charge in [0.05, 0.1) is 14.1 Å². The first-order valence-corrected chi connectivity index (χ1v) is 2.15. The number of rotatable bonds is 0. The van der Waals surface area contributed by atoms with E-state index in [1.54, 1.807) is 6.92 Å². The van der Waals surface area contributed by atoms with Gasteiger partial charge in [0, 0.05) is 0 Å². The van der Waals surface area contributed by atoms with Crippen LogP contribution in [0.1, 0.15) is 6.92 Å². The molecule has 6 heavy (non-hydrogen) atoms. The molecule has 0 amide bonds. The maximum atomic E-state index is 8.93. The van der Waals surface area contributed by atoms with Gasteiger partial charge in [-0.1, -0.05) is 6.92 Å². The summed E-state index contributed by atoms with van der Waals surface area (Å²) >= 11 is 0. The van der Waals surface area contributed by atoms with Crippen LogP contribution in [0, 0.1) is 0 Å². The van der Waals surface area contributed by atoms with E-state index in [-0.39, 0.29) is 6.61 Å². The van der Waals surface area contributed by atoms with Crippen LogP contribution in [-0.2, 0) is 0 Å². The predicted octanol–water partition coefficient (Wildman–Crippen LogP) is -1.82. The Bertz CT molecular complexity index is 9.51. The van der Waals surface area contributed by atoms with Crippen LogP contribution in [0.2, 0.25) is 0 Å². The van der Waals surface area contributed by atoms with Crippen LogP contribution in [0.3, 0.4) is 0 Å². The first-order valence-electron chi connectivity index (χ1n) is 2.15. The van der Waals surface area contributed by atoms with Gasteiger partial charge in [0.25, 0.3) is 0 Å². The summed E-state index contributed by atoms with van der Waals surface area (Å²) in [5, 5.41) is 10.9. The molecule has 0 radical (unpaired) electrons. The molecular weight excluding hydrogens is 78.0 g/mol. The van der Waals surface area contributed by atoms with Gasteiger partial charge in [-0.15, -0.1) is 6.61 Å². The van der Waals surface area contributed by atoms with Crippen LogP contribution < -0.4 is 10.4 Å². The molecule has 2 heteroatoms. The molecule has 0 unspecified atom stereocenters. The number of nitrogens with two attached hydrogens (primary N) is 1. The maximum Gasteiger partial charge on any atom is 0.0647 e. The molecular formula is C4H13NO. The normalized spacial score (nSPS) is 6.00. The molecule has 2 nitrogen and oxygen atoms in total. The molecule has 0 saturated heterocycles. The Hall–Kier alpha value is -0.0800. The van der Waals surface area contributed by atoms with Crippen molar-refractivity contribution in [2.24, 2.45) is 0 Å². The lowest BCUT2D eigenvalue weighted by Gasteiger charge is -1.79. The molecule has 0 fully saturated rings. The van der Waals surface area contributed by atoms with E-state index in [2.05, 4.69) is 0 Å². The van der Waals surface area contributed by atoms with Gasteiger partial charge in [-0.25, -0.2) is 0 Å². The minimum atomic E-state index is 0. The van der Waals surface area contributed by atoms with Gasteiger partial charge in [-0.2, -0.15) is 0 Å². The molecule has 0 bridgehead atoms. The summed E-state index contributed by atoms with van der Waals surface area (Å²) < 4.78 is 0. The first kappa shape index (κ1) is 9.33. The highest BCUT2D eigenvalue weighted by atomic mass is 16.2. The summed E-state index contributed by atoms with van der Waals surface area (Å²) in [5.74, 6) is 0. The highest BCUT2D eigenvalue weighted by Gasteiger charge is 1.29. The Kier molecular flexibility index (Phi) is 31.9. The van der Waals surface area contributed by atoms with Crippen molar-refractivity contribution in [3.63, 3.8) is 0 Å². The van der Waals surface area contributed by atoms with Gasteiger partial charge in [-0.3, -0.25) is 0 Å². The highest BCUT2D eigenvalue weighted by molar-refractivity contribution is 3.79. The standard InChI is InChI=1S/C2H7N.C2H5O/c1-3-2;1-2-3/h3H,1-2H3;2H2,1H3/q;-1/p+1. The molecule has 0 atom stereocenters. The largest absolute Gasteiger partial charge is 0.855 e. The van der Waals surface area contributed by atoms with Crippen LogP contribution in [0.4, 0.5) is 0 Å². The van der Waals surface area contributed by atoms with Crippen molar-refractivity contribution in [1.29, 1.82) is 0 Å². The minimum absolute atomic E-state index is 0. The highest BCUT2D eigenvalue weighted by Crippen LogP contribution is 1.18. The third-order valence-corrected chi connectivity index (χ3v) is 0.